The molecule has 1 aliphatic rings. The van der Waals surface area contributed by atoms with Gasteiger partial charge in [-0.25, -0.2) is 0 Å². The van der Waals surface area contributed by atoms with Gasteiger partial charge in [0.1, 0.15) is 0 Å². The number of ether oxygens (including phenoxy) is 1. The molecule has 16 heavy (non-hydrogen) atoms. The number of piperidine rings is 1. The van der Waals surface area contributed by atoms with Crippen LogP contribution in [0.3, 0.4) is 0 Å². The Hall–Kier alpha value is -0.120. The number of rotatable bonds is 7. The summed E-state index contributed by atoms with van der Waals surface area (Å²) in [5.41, 5.74) is 0. The predicted molar refractivity (Wildman–Crippen MR) is 68.8 cm³/mol. The van der Waals surface area contributed by atoms with Crippen molar-refractivity contribution in [2.45, 2.75) is 39.2 Å². The minimum atomic E-state index is 0.612. The van der Waals surface area contributed by atoms with Crippen LogP contribution in [0.15, 0.2) is 0 Å². The van der Waals surface area contributed by atoms with Gasteiger partial charge >= 0.3 is 0 Å². The fraction of sp³-hybridized carbons (Fsp3) is 1.00. The van der Waals surface area contributed by atoms with Crippen molar-refractivity contribution in [3.05, 3.63) is 0 Å². The molecule has 2 atom stereocenters. The molecule has 0 aromatic heterocycles. The molecule has 3 heteroatoms. The van der Waals surface area contributed by atoms with Crippen LogP contribution in [0.5, 0.6) is 0 Å². The lowest BCUT2D eigenvalue weighted by Gasteiger charge is -2.34. The van der Waals surface area contributed by atoms with E-state index >= 15 is 0 Å². The molecule has 1 heterocycles. The lowest BCUT2D eigenvalue weighted by molar-refractivity contribution is 0.0867. The lowest BCUT2D eigenvalue weighted by Crippen LogP contribution is -2.44. The summed E-state index contributed by atoms with van der Waals surface area (Å²) in [4.78, 5) is 2.58. The third-order valence-electron chi connectivity index (χ3n) is 3.28. The van der Waals surface area contributed by atoms with E-state index in [1.165, 1.54) is 38.9 Å². The SMILES string of the molecule is CCCNC(C)CN1CCCC(COC)C1. The average molecular weight is 228 g/mol. The molecule has 1 aliphatic heterocycles. The van der Waals surface area contributed by atoms with Gasteiger partial charge in [-0.2, -0.15) is 0 Å². The van der Waals surface area contributed by atoms with Gasteiger partial charge < -0.3 is 15.0 Å². The molecular weight excluding hydrogens is 200 g/mol. The van der Waals surface area contributed by atoms with Crippen molar-refractivity contribution in [2.75, 3.05) is 39.9 Å². The molecular formula is C13H28N2O. The van der Waals surface area contributed by atoms with Crippen LogP contribution in [-0.2, 0) is 4.74 Å². The van der Waals surface area contributed by atoms with Gasteiger partial charge in [0, 0.05) is 26.2 Å². The number of hydrogen-bond acceptors (Lipinski definition) is 3. The Balaban J connectivity index is 2.20. The maximum atomic E-state index is 5.26. The first-order valence-corrected chi connectivity index (χ1v) is 6.71. The molecule has 0 amide bonds. The van der Waals surface area contributed by atoms with E-state index in [4.69, 9.17) is 4.74 Å². The first-order chi connectivity index (χ1) is 7.76. The van der Waals surface area contributed by atoms with E-state index in [0.29, 0.717) is 6.04 Å². The Kier molecular flexibility index (Phi) is 7.01. The minimum absolute atomic E-state index is 0.612. The van der Waals surface area contributed by atoms with E-state index in [1.807, 2.05) is 7.11 Å². The van der Waals surface area contributed by atoms with Gasteiger partial charge in [-0.05, 0) is 45.2 Å². The van der Waals surface area contributed by atoms with Crippen molar-refractivity contribution < 1.29 is 4.74 Å². The smallest absolute Gasteiger partial charge is 0.0502 e. The largest absolute Gasteiger partial charge is 0.384 e. The summed E-state index contributed by atoms with van der Waals surface area (Å²) < 4.78 is 5.26. The highest BCUT2D eigenvalue weighted by molar-refractivity contribution is 4.76. The highest BCUT2D eigenvalue weighted by Crippen LogP contribution is 2.16. The third kappa shape index (κ3) is 5.28. The van der Waals surface area contributed by atoms with Gasteiger partial charge in [0.2, 0.25) is 0 Å². The molecule has 0 bridgehead atoms. The van der Waals surface area contributed by atoms with Gasteiger partial charge in [-0.15, -0.1) is 0 Å². The van der Waals surface area contributed by atoms with Gasteiger partial charge in [-0.3, -0.25) is 0 Å². The molecule has 0 radical (unpaired) electrons. The molecule has 3 nitrogen and oxygen atoms in total. The summed E-state index contributed by atoms with van der Waals surface area (Å²) in [5, 5.41) is 3.55. The van der Waals surface area contributed by atoms with Gasteiger partial charge in [0.25, 0.3) is 0 Å². The molecule has 0 aliphatic carbocycles. The lowest BCUT2D eigenvalue weighted by atomic mass is 9.98. The second kappa shape index (κ2) is 8.04. The quantitative estimate of drug-likeness (QED) is 0.718. The fourth-order valence-corrected chi connectivity index (χ4v) is 2.53. The Morgan fingerprint density at radius 1 is 1.50 bits per heavy atom. The van der Waals surface area contributed by atoms with Crippen LogP contribution in [0.25, 0.3) is 0 Å². The average Bonchev–Trinajstić information content (AvgIpc) is 2.27. The van der Waals surface area contributed by atoms with Crippen LogP contribution in [0, 0.1) is 5.92 Å². The Bertz CT molecular complexity index is 173. The number of likely N-dealkylation sites (tertiary alicyclic amines) is 1. The van der Waals surface area contributed by atoms with Gasteiger partial charge in [-0.1, -0.05) is 6.92 Å². The minimum Gasteiger partial charge on any atom is -0.384 e. The van der Waals surface area contributed by atoms with Crippen LogP contribution in [-0.4, -0.2) is 50.8 Å². The number of nitrogens with zero attached hydrogens (tertiary/aromatic N) is 1. The number of hydrogen-bond donors (Lipinski definition) is 1. The summed E-state index contributed by atoms with van der Waals surface area (Å²) >= 11 is 0. The van der Waals surface area contributed by atoms with Crippen molar-refractivity contribution in [1.82, 2.24) is 10.2 Å². The number of nitrogens with one attached hydrogen (secondary N) is 1. The normalized spacial score (nSPS) is 24.6. The highest BCUT2D eigenvalue weighted by Gasteiger charge is 2.20. The van der Waals surface area contributed by atoms with Crippen LogP contribution in [0.2, 0.25) is 0 Å². The summed E-state index contributed by atoms with van der Waals surface area (Å²) in [6.07, 6.45) is 3.88. The maximum absolute atomic E-state index is 5.26. The van der Waals surface area contributed by atoms with E-state index in [1.54, 1.807) is 0 Å². The summed E-state index contributed by atoms with van der Waals surface area (Å²) in [5.74, 6) is 0.747. The first-order valence-electron chi connectivity index (χ1n) is 6.71. The molecule has 2 unspecified atom stereocenters. The molecule has 0 aromatic carbocycles. The van der Waals surface area contributed by atoms with E-state index < -0.39 is 0 Å². The number of methoxy groups -OCH3 is 1. The van der Waals surface area contributed by atoms with Crippen molar-refractivity contribution in [1.29, 1.82) is 0 Å². The first kappa shape index (κ1) is 13.9. The van der Waals surface area contributed by atoms with E-state index in [0.717, 1.165) is 19.1 Å². The van der Waals surface area contributed by atoms with E-state index in [2.05, 4.69) is 24.1 Å². The molecule has 1 N–H and O–H groups in total. The van der Waals surface area contributed by atoms with Crippen molar-refractivity contribution in [2.24, 2.45) is 5.92 Å². The zero-order valence-electron chi connectivity index (χ0n) is 11.2. The summed E-state index contributed by atoms with van der Waals surface area (Å²) in [7, 11) is 1.81. The molecule has 1 fully saturated rings. The van der Waals surface area contributed by atoms with Gasteiger partial charge in [0.05, 0.1) is 6.61 Å². The van der Waals surface area contributed by atoms with Crippen LogP contribution < -0.4 is 5.32 Å². The molecule has 1 rings (SSSR count). The maximum Gasteiger partial charge on any atom is 0.0502 e. The molecule has 96 valence electrons. The van der Waals surface area contributed by atoms with Crippen molar-refractivity contribution >= 4 is 0 Å². The van der Waals surface area contributed by atoms with Crippen LogP contribution in [0.1, 0.15) is 33.1 Å². The summed E-state index contributed by atoms with van der Waals surface area (Å²) in [6.45, 7) is 10.2. The molecule has 1 saturated heterocycles. The summed E-state index contributed by atoms with van der Waals surface area (Å²) in [6, 6.07) is 0.612. The van der Waals surface area contributed by atoms with Gasteiger partial charge in [0.15, 0.2) is 0 Å². The Labute approximate surface area is 101 Å². The zero-order chi connectivity index (χ0) is 11.8. The monoisotopic (exact) mass is 228 g/mol. The third-order valence-corrected chi connectivity index (χ3v) is 3.28. The standard InChI is InChI=1S/C13H28N2O/c1-4-7-14-12(2)9-15-8-5-6-13(10-15)11-16-3/h12-14H,4-11H2,1-3H3. The molecule has 0 aromatic rings. The Morgan fingerprint density at radius 2 is 2.31 bits per heavy atom. The zero-order valence-corrected chi connectivity index (χ0v) is 11.2. The molecule has 0 spiro atoms. The van der Waals surface area contributed by atoms with Crippen LogP contribution >= 0.6 is 0 Å². The molecule has 0 saturated carbocycles. The van der Waals surface area contributed by atoms with Crippen molar-refractivity contribution in [3.63, 3.8) is 0 Å². The van der Waals surface area contributed by atoms with Crippen molar-refractivity contribution in [3.8, 4) is 0 Å². The van der Waals surface area contributed by atoms with E-state index in [-0.39, 0.29) is 0 Å². The highest BCUT2D eigenvalue weighted by atomic mass is 16.5. The topological polar surface area (TPSA) is 24.5 Å². The predicted octanol–water partition coefficient (Wildman–Crippen LogP) is 1.73. The fourth-order valence-electron chi connectivity index (χ4n) is 2.53. The Morgan fingerprint density at radius 3 is 3.00 bits per heavy atom. The second-order valence-corrected chi connectivity index (χ2v) is 5.08. The van der Waals surface area contributed by atoms with E-state index in [9.17, 15) is 0 Å². The second-order valence-electron chi connectivity index (χ2n) is 5.08. The van der Waals surface area contributed by atoms with Crippen LogP contribution in [0.4, 0.5) is 0 Å².